The monoisotopic (exact) mass is 213 g/mol. The lowest BCUT2D eigenvalue weighted by Gasteiger charge is -2.15. The first-order valence-electron chi connectivity index (χ1n) is 4.11. The molecule has 5 nitrogen and oxygen atoms in total. The van der Waals surface area contributed by atoms with E-state index < -0.39 is 0 Å². The maximum absolute atomic E-state index is 7.07. The highest BCUT2D eigenvalue weighted by Crippen LogP contribution is 2.08. The van der Waals surface area contributed by atoms with E-state index in [0.717, 1.165) is 0 Å². The SMILES string of the molecule is CN(CCC(=N)N)c1ncc(Cl)cn1. The van der Waals surface area contributed by atoms with E-state index in [1.165, 1.54) is 12.4 Å². The zero-order valence-electron chi connectivity index (χ0n) is 7.87. The van der Waals surface area contributed by atoms with Crippen LogP contribution in [0.15, 0.2) is 12.4 Å². The van der Waals surface area contributed by atoms with Crippen LogP contribution in [0.3, 0.4) is 0 Å². The molecular weight excluding hydrogens is 202 g/mol. The maximum Gasteiger partial charge on any atom is 0.225 e. The third-order valence-corrected chi connectivity index (χ3v) is 1.86. The molecule has 76 valence electrons. The molecule has 0 aliphatic carbocycles. The van der Waals surface area contributed by atoms with Crippen LogP contribution < -0.4 is 10.6 Å². The summed E-state index contributed by atoms with van der Waals surface area (Å²) in [4.78, 5) is 9.87. The molecule has 6 heteroatoms. The zero-order valence-corrected chi connectivity index (χ0v) is 8.62. The standard InChI is InChI=1S/C8H12ClN5/c1-14(3-2-7(10)11)8-12-4-6(9)5-13-8/h4-5H,2-3H2,1H3,(H3,10,11). The fourth-order valence-corrected chi connectivity index (χ4v) is 0.988. The van der Waals surface area contributed by atoms with Gasteiger partial charge in [0.05, 0.1) is 23.3 Å². The normalized spacial score (nSPS) is 9.86. The Morgan fingerprint density at radius 1 is 1.57 bits per heavy atom. The Hall–Kier alpha value is -1.36. The van der Waals surface area contributed by atoms with Gasteiger partial charge in [0.25, 0.3) is 0 Å². The van der Waals surface area contributed by atoms with Crippen LogP contribution in [0, 0.1) is 5.41 Å². The van der Waals surface area contributed by atoms with E-state index >= 15 is 0 Å². The van der Waals surface area contributed by atoms with Gasteiger partial charge in [0.1, 0.15) is 0 Å². The topological polar surface area (TPSA) is 78.9 Å². The van der Waals surface area contributed by atoms with Gasteiger partial charge in [-0.1, -0.05) is 11.6 Å². The Labute approximate surface area is 87.4 Å². The van der Waals surface area contributed by atoms with E-state index in [-0.39, 0.29) is 5.84 Å². The molecule has 0 saturated heterocycles. The fraction of sp³-hybridized carbons (Fsp3) is 0.375. The van der Waals surface area contributed by atoms with Gasteiger partial charge in [-0.3, -0.25) is 5.41 Å². The van der Waals surface area contributed by atoms with Crippen LogP contribution in [-0.4, -0.2) is 29.4 Å². The van der Waals surface area contributed by atoms with Gasteiger partial charge in [-0.2, -0.15) is 0 Å². The fourth-order valence-electron chi connectivity index (χ4n) is 0.891. The summed E-state index contributed by atoms with van der Waals surface area (Å²) in [6.45, 7) is 0.622. The summed E-state index contributed by atoms with van der Waals surface area (Å²) in [7, 11) is 1.84. The number of aromatic nitrogens is 2. The third-order valence-electron chi connectivity index (χ3n) is 1.66. The van der Waals surface area contributed by atoms with Crippen molar-refractivity contribution in [2.75, 3.05) is 18.5 Å². The van der Waals surface area contributed by atoms with Crippen LogP contribution in [0.1, 0.15) is 6.42 Å². The summed E-state index contributed by atoms with van der Waals surface area (Å²) in [5, 5.41) is 7.58. The second kappa shape index (κ2) is 4.76. The average molecular weight is 214 g/mol. The smallest absolute Gasteiger partial charge is 0.225 e. The minimum atomic E-state index is 0.158. The highest BCUT2D eigenvalue weighted by Gasteiger charge is 2.03. The van der Waals surface area contributed by atoms with Crippen LogP contribution >= 0.6 is 11.6 Å². The number of anilines is 1. The first kappa shape index (κ1) is 10.7. The Morgan fingerprint density at radius 2 is 2.14 bits per heavy atom. The zero-order chi connectivity index (χ0) is 10.6. The second-order valence-corrected chi connectivity index (χ2v) is 3.33. The summed E-state index contributed by atoms with van der Waals surface area (Å²) in [6, 6.07) is 0. The van der Waals surface area contributed by atoms with Crippen molar-refractivity contribution in [2.45, 2.75) is 6.42 Å². The number of rotatable bonds is 4. The minimum Gasteiger partial charge on any atom is -0.388 e. The van der Waals surface area contributed by atoms with E-state index in [4.69, 9.17) is 22.7 Å². The largest absolute Gasteiger partial charge is 0.388 e. The van der Waals surface area contributed by atoms with Crippen LogP contribution in [0.4, 0.5) is 5.95 Å². The van der Waals surface area contributed by atoms with Gasteiger partial charge in [0.2, 0.25) is 5.95 Å². The van der Waals surface area contributed by atoms with Crippen molar-refractivity contribution in [1.29, 1.82) is 5.41 Å². The number of hydrogen-bond donors (Lipinski definition) is 2. The quantitative estimate of drug-likeness (QED) is 0.575. The lowest BCUT2D eigenvalue weighted by Crippen LogP contribution is -2.25. The number of amidine groups is 1. The molecule has 0 aromatic carbocycles. The van der Waals surface area contributed by atoms with Crippen molar-refractivity contribution in [3.05, 3.63) is 17.4 Å². The molecule has 14 heavy (non-hydrogen) atoms. The molecule has 0 atom stereocenters. The molecule has 1 heterocycles. The minimum absolute atomic E-state index is 0.158. The number of hydrogen-bond acceptors (Lipinski definition) is 4. The van der Waals surface area contributed by atoms with Crippen LogP contribution in [0.25, 0.3) is 0 Å². The summed E-state index contributed by atoms with van der Waals surface area (Å²) in [5.74, 6) is 0.737. The van der Waals surface area contributed by atoms with Crippen molar-refractivity contribution >= 4 is 23.4 Å². The Balaban J connectivity index is 2.56. The lowest BCUT2D eigenvalue weighted by molar-refractivity contribution is 0.863. The van der Waals surface area contributed by atoms with Gasteiger partial charge in [0, 0.05) is 20.0 Å². The van der Waals surface area contributed by atoms with Crippen LogP contribution in [0.5, 0.6) is 0 Å². The summed E-state index contributed by atoms with van der Waals surface area (Å²) >= 11 is 5.65. The van der Waals surface area contributed by atoms with Gasteiger partial charge in [-0.15, -0.1) is 0 Å². The number of halogens is 1. The van der Waals surface area contributed by atoms with Gasteiger partial charge < -0.3 is 10.6 Å². The van der Waals surface area contributed by atoms with Gasteiger partial charge in [0.15, 0.2) is 0 Å². The first-order chi connectivity index (χ1) is 6.59. The highest BCUT2D eigenvalue weighted by molar-refractivity contribution is 6.30. The van der Waals surface area contributed by atoms with Crippen molar-refractivity contribution in [1.82, 2.24) is 9.97 Å². The maximum atomic E-state index is 7.07. The summed E-state index contributed by atoms with van der Waals surface area (Å²) < 4.78 is 0. The van der Waals surface area contributed by atoms with Gasteiger partial charge in [-0.05, 0) is 0 Å². The van der Waals surface area contributed by atoms with Crippen molar-refractivity contribution in [2.24, 2.45) is 5.73 Å². The second-order valence-electron chi connectivity index (χ2n) is 2.90. The molecule has 0 bridgehead atoms. The van der Waals surface area contributed by atoms with Crippen molar-refractivity contribution < 1.29 is 0 Å². The highest BCUT2D eigenvalue weighted by atomic mass is 35.5. The average Bonchev–Trinajstić information content (AvgIpc) is 2.15. The van der Waals surface area contributed by atoms with Gasteiger partial charge >= 0.3 is 0 Å². The molecule has 3 N–H and O–H groups in total. The molecule has 0 fully saturated rings. The Kier molecular flexibility index (Phi) is 3.64. The van der Waals surface area contributed by atoms with E-state index in [1.54, 1.807) is 0 Å². The molecule has 0 amide bonds. The van der Waals surface area contributed by atoms with Crippen molar-refractivity contribution in [3.63, 3.8) is 0 Å². The summed E-state index contributed by atoms with van der Waals surface area (Å²) in [5.41, 5.74) is 5.24. The van der Waals surface area contributed by atoms with E-state index in [9.17, 15) is 0 Å². The van der Waals surface area contributed by atoms with Crippen LogP contribution in [0.2, 0.25) is 5.02 Å². The summed E-state index contributed by atoms with van der Waals surface area (Å²) in [6.07, 6.45) is 3.57. The van der Waals surface area contributed by atoms with E-state index in [1.807, 2.05) is 11.9 Å². The molecule has 0 radical (unpaired) electrons. The first-order valence-corrected chi connectivity index (χ1v) is 4.49. The lowest BCUT2D eigenvalue weighted by atomic mass is 10.4. The third kappa shape index (κ3) is 3.18. The molecule has 1 rings (SSSR count). The number of nitrogens with one attached hydrogen (secondary N) is 1. The molecule has 1 aromatic heterocycles. The Bertz CT molecular complexity index is 310. The molecule has 1 aromatic rings. The molecule has 0 aliphatic heterocycles. The predicted molar refractivity (Wildman–Crippen MR) is 56.8 cm³/mol. The van der Waals surface area contributed by atoms with Crippen molar-refractivity contribution in [3.8, 4) is 0 Å². The molecule has 0 spiro atoms. The van der Waals surface area contributed by atoms with E-state index in [2.05, 4.69) is 9.97 Å². The number of nitrogens with two attached hydrogens (primary N) is 1. The molecular formula is C8H12ClN5. The molecule has 0 unspecified atom stereocenters. The predicted octanol–water partition coefficient (Wildman–Crippen LogP) is 0.892. The Morgan fingerprint density at radius 3 is 2.64 bits per heavy atom. The number of nitrogens with zero attached hydrogens (tertiary/aromatic N) is 3. The van der Waals surface area contributed by atoms with Crippen LogP contribution in [-0.2, 0) is 0 Å². The van der Waals surface area contributed by atoms with E-state index in [0.29, 0.717) is 23.9 Å². The van der Waals surface area contributed by atoms with Gasteiger partial charge in [-0.25, -0.2) is 9.97 Å². The molecule has 0 aliphatic rings. The molecule has 0 saturated carbocycles.